The second-order valence-corrected chi connectivity index (χ2v) is 4.75. The van der Waals surface area contributed by atoms with E-state index in [-0.39, 0.29) is 12.2 Å². The van der Waals surface area contributed by atoms with E-state index < -0.39 is 11.4 Å². The van der Waals surface area contributed by atoms with Crippen molar-refractivity contribution in [2.75, 3.05) is 11.9 Å². The van der Waals surface area contributed by atoms with Crippen molar-refractivity contribution in [1.82, 2.24) is 0 Å². The zero-order chi connectivity index (χ0) is 12.5. The van der Waals surface area contributed by atoms with Gasteiger partial charge in [0.2, 0.25) is 0 Å². The number of nitrogens with zero attached hydrogens (tertiary/aromatic N) is 1. The summed E-state index contributed by atoms with van der Waals surface area (Å²) >= 11 is 0. The molecule has 1 aromatic rings. The van der Waals surface area contributed by atoms with Crippen molar-refractivity contribution in [3.05, 3.63) is 29.6 Å². The molecule has 0 aliphatic heterocycles. The van der Waals surface area contributed by atoms with E-state index >= 15 is 0 Å². The summed E-state index contributed by atoms with van der Waals surface area (Å²) < 4.78 is 13.4. The average Bonchev–Trinajstić information content (AvgIpc) is 3.13. The number of benzene rings is 1. The first kappa shape index (κ1) is 11.9. The summed E-state index contributed by atoms with van der Waals surface area (Å²) in [6, 6.07) is 6.34. The molecule has 0 saturated heterocycles. The van der Waals surface area contributed by atoms with Gasteiger partial charge >= 0.3 is 0 Å². The van der Waals surface area contributed by atoms with Crippen LogP contribution in [-0.2, 0) is 0 Å². The third-order valence-corrected chi connectivity index (χ3v) is 3.35. The van der Waals surface area contributed by atoms with E-state index in [2.05, 4.69) is 5.32 Å². The second-order valence-electron chi connectivity index (χ2n) is 4.75. The van der Waals surface area contributed by atoms with Crippen molar-refractivity contribution < 1.29 is 9.50 Å². The van der Waals surface area contributed by atoms with Crippen molar-refractivity contribution >= 4 is 5.69 Å². The highest BCUT2D eigenvalue weighted by Gasteiger charge is 2.41. The Morgan fingerprint density at radius 1 is 1.59 bits per heavy atom. The van der Waals surface area contributed by atoms with Crippen molar-refractivity contribution in [2.24, 2.45) is 5.92 Å². The fourth-order valence-electron chi connectivity index (χ4n) is 2.04. The van der Waals surface area contributed by atoms with Crippen molar-refractivity contribution in [3.63, 3.8) is 0 Å². The predicted octanol–water partition coefficient (Wildman–Crippen LogP) is 2.27. The fraction of sp³-hybridized carbons (Fsp3) is 0.462. The third-order valence-electron chi connectivity index (χ3n) is 3.35. The lowest BCUT2D eigenvalue weighted by Crippen LogP contribution is -2.41. The van der Waals surface area contributed by atoms with Crippen LogP contribution in [0.1, 0.15) is 25.3 Å². The van der Waals surface area contributed by atoms with Crippen LogP contribution in [0.25, 0.3) is 0 Å². The molecule has 0 radical (unpaired) electrons. The van der Waals surface area contributed by atoms with Gasteiger partial charge in [0, 0.05) is 0 Å². The first-order chi connectivity index (χ1) is 8.10. The molecule has 1 aliphatic rings. The van der Waals surface area contributed by atoms with Crippen LogP contribution in [0.2, 0.25) is 0 Å². The Hall–Kier alpha value is -1.60. The topological polar surface area (TPSA) is 56.0 Å². The molecular formula is C13H15FN2O. The van der Waals surface area contributed by atoms with Gasteiger partial charge < -0.3 is 10.4 Å². The summed E-state index contributed by atoms with van der Waals surface area (Å²) in [5.74, 6) is -0.143. The van der Waals surface area contributed by atoms with Crippen molar-refractivity contribution in [3.8, 4) is 6.07 Å². The summed E-state index contributed by atoms with van der Waals surface area (Å²) in [6.07, 6.45) is 2.11. The molecule has 90 valence electrons. The zero-order valence-electron chi connectivity index (χ0n) is 9.70. The number of halogens is 1. The zero-order valence-corrected chi connectivity index (χ0v) is 9.70. The molecule has 1 aromatic carbocycles. The monoisotopic (exact) mass is 234 g/mol. The summed E-state index contributed by atoms with van der Waals surface area (Å²) in [5.41, 5.74) is -0.0110. The van der Waals surface area contributed by atoms with Gasteiger partial charge in [-0.25, -0.2) is 4.39 Å². The van der Waals surface area contributed by atoms with Gasteiger partial charge in [-0.3, -0.25) is 0 Å². The maximum Gasteiger partial charge on any atom is 0.143 e. The fourth-order valence-corrected chi connectivity index (χ4v) is 2.04. The molecule has 0 heterocycles. The Morgan fingerprint density at radius 3 is 2.82 bits per heavy atom. The molecule has 4 heteroatoms. The predicted molar refractivity (Wildman–Crippen MR) is 63.0 cm³/mol. The van der Waals surface area contributed by atoms with E-state index in [1.54, 1.807) is 12.1 Å². The van der Waals surface area contributed by atoms with Gasteiger partial charge in [0.05, 0.1) is 17.8 Å². The van der Waals surface area contributed by atoms with Gasteiger partial charge in [0.1, 0.15) is 17.4 Å². The molecule has 0 bridgehead atoms. The highest BCUT2D eigenvalue weighted by atomic mass is 19.1. The largest absolute Gasteiger partial charge is 0.394 e. The van der Waals surface area contributed by atoms with Gasteiger partial charge in [-0.1, -0.05) is 6.07 Å². The van der Waals surface area contributed by atoms with Gasteiger partial charge in [0.15, 0.2) is 0 Å². The Labute approximate surface area is 99.9 Å². The van der Waals surface area contributed by atoms with Crippen LogP contribution in [0.15, 0.2) is 18.2 Å². The van der Waals surface area contributed by atoms with Crippen LogP contribution < -0.4 is 5.32 Å². The molecule has 2 N–H and O–H groups in total. The van der Waals surface area contributed by atoms with Gasteiger partial charge in [-0.15, -0.1) is 0 Å². The summed E-state index contributed by atoms with van der Waals surface area (Å²) in [5, 5.41) is 21.5. The first-order valence-electron chi connectivity index (χ1n) is 5.68. The molecule has 0 aromatic heterocycles. The number of aliphatic hydroxyl groups is 1. The number of nitrogens with one attached hydrogen (secondary N) is 1. The lowest BCUT2D eigenvalue weighted by molar-refractivity contribution is 0.206. The molecule has 1 fully saturated rings. The second kappa shape index (κ2) is 4.34. The van der Waals surface area contributed by atoms with E-state index in [1.165, 1.54) is 6.07 Å². The summed E-state index contributed by atoms with van der Waals surface area (Å²) in [7, 11) is 0. The lowest BCUT2D eigenvalue weighted by Gasteiger charge is -2.30. The van der Waals surface area contributed by atoms with Crippen LogP contribution in [0.3, 0.4) is 0 Å². The maximum atomic E-state index is 13.4. The van der Waals surface area contributed by atoms with Gasteiger partial charge in [-0.05, 0) is 37.8 Å². The summed E-state index contributed by atoms with van der Waals surface area (Å²) in [4.78, 5) is 0. The molecule has 2 rings (SSSR count). The molecule has 3 nitrogen and oxygen atoms in total. The lowest BCUT2D eigenvalue weighted by atomic mass is 9.96. The Balaban J connectivity index is 2.29. The summed E-state index contributed by atoms with van der Waals surface area (Å²) in [6.45, 7) is 1.87. The smallest absolute Gasteiger partial charge is 0.143 e. The van der Waals surface area contributed by atoms with Crippen LogP contribution in [0.4, 0.5) is 10.1 Å². The molecule has 17 heavy (non-hydrogen) atoms. The normalized spacial score (nSPS) is 18.2. The Morgan fingerprint density at radius 2 is 2.29 bits per heavy atom. The number of hydrogen-bond acceptors (Lipinski definition) is 3. The SMILES string of the molecule is CC(CO)(Nc1cccc(F)c1C#N)C1CC1. The molecule has 1 unspecified atom stereocenters. The Kier molecular flexibility index (Phi) is 3.03. The first-order valence-corrected chi connectivity index (χ1v) is 5.68. The number of anilines is 1. The minimum atomic E-state index is -0.534. The minimum absolute atomic E-state index is 0.00725. The quantitative estimate of drug-likeness (QED) is 0.840. The third kappa shape index (κ3) is 2.25. The molecule has 0 amide bonds. The van der Waals surface area contributed by atoms with Crippen LogP contribution in [-0.4, -0.2) is 17.3 Å². The van der Waals surface area contributed by atoms with E-state index in [4.69, 9.17) is 5.26 Å². The molecule has 1 aliphatic carbocycles. The number of hydrogen-bond donors (Lipinski definition) is 2. The average molecular weight is 234 g/mol. The highest BCUT2D eigenvalue weighted by Crippen LogP contribution is 2.41. The molecule has 1 atom stereocenters. The highest BCUT2D eigenvalue weighted by molar-refractivity contribution is 5.59. The maximum absolute atomic E-state index is 13.4. The standard InChI is InChI=1S/C13H15FN2O/c1-13(8-17,9-5-6-9)16-12-4-2-3-11(14)10(12)7-15/h2-4,9,16-17H,5-6,8H2,1H3. The molecular weight excluding hydrogens is 219 g/mol. The molecule has 0 spiro atoms. The van der Waals surface area contributed by atoms with Crippen molar-refractivity contribution in [1.29, 1.82) is 5.26 Å². The van der Waals surface area contributed by atoms with E-state index in [1.807, 2.05) is 13.0 Å². The van der Waals surface area contributed by atoms with Crippen molar-refractivity contribution in [2.45, 2.75) is 25.3 Å². The van der Waals surface area contributed by atoms with E-state index in [0.717, 1.165) is 12.8 Å². The number of nitriles is 1. The number of aliphatic hydroxyl groups excluding tert-OH is 1. The van der Waals surface area contributed by atoms with Gasteiger partial charge in [-0.2, -0.15) is 5.26 Å². The van der Waals surface area contributed by atoms with Crippen LogP contribution in [0.5, 0.6) is 0 Å². The van der Waals surface area contributed by atoms with Crippen LogP contribution in [0, 0.1) is 23.1 Å². The van der Waals surface area contributed by atoms with E-state index in [0.29, 0.717) is 11.6 Å². The number of rotatable bonds is 4. The minimum Gasteiger partial charge on any atom is -0.394 e. The van der Waals surface area contributed by atoms with E-state index in [9.17, 15) is 9.50 Å². The Bertz CT molecular complexity index is 465. The van der Waals surface area contributed by atoms with Crippen LogP contribution >= 0.6 is 0 Å². The molecule has 1 saturated carbocycles. The van der Waals surface area contributed by atoms with Gasteiger partial charge in [0.25, 0.3) is 0 Å².